The maximum absolute atomic E-state index is 12.6. The predicted molar refractivity (Wildman–Crippen MR) is 97.2 cm³/mol. The van der Waals surface area contributed by atoms with Crippen molar-refractivity contribution >= 4 is 11.9 Å². The zero-order valence-electron chi connectivity index (χ0n) is 15.8. The first-order valence-corrected chi connectivity index (χ1v) is 9.99. The lowest BCUT2D eigenvalue weighted by Gasteiger charge is -2.42. The Balaban J connectivity index is 1.36. The largest absolute Gasteiger partial charge is 0.453 e. The highest BCUT2D eigenvalue weighted by Crippen LogP contribution is 2.58. The van der Waals surface area contributed by atoms with E-state index in [1.807, 2.05) is 0 Å². The molecule has 8 nitrogen and oxygen atoms in total. The Morgan fingerprint density at radius 2 is 1.68 bits per heavy atom. The molecule has 2 heterocycles. The standard InChI is InChI=1S/C20H24N4O4/c1-24-7-6-23-18(24)20(26)28-16-10-14-12-3-2-11(8-12)13(14)9-15(16)27-19(25)17-21-4-5-22-17/h4-7,11-16H,2-3,8-10H2,1H3,(H,21,22). The van der Waals surface area contributed by atoms with Crippen LogP contribution in [0.15, 0.2) is 24.8 Å². The van der Waals surface area contributed by atoms with Gasteiger partial charge in [0.05, 0.1) is 0 Å². The molecule has 3 aliphatic rings. The minimum Gasteiger partial charge on any atom is -0.453 e. The molecule has 3 fully saturated rings. The third-order valence-electron chi connectivity index (χ3n) is 6.91. The van der Waals surface area contributed by atoms with E-state index in [0.717, 1.165) is 12.8 Å². The second kappa shape index (κ2) is 6.76. The van der Waals surface area contributed by atoms with Crippen molar-refractivity contribution in [3.8, 4) is 0 Å². The van der Waals surface area contributed by atoms with E-state index in [4.69, 9.17) is 9.47 Å². The fraction of sp³-hybridized carbons (Fsp3) is 0.600. The average Bonchev–Trinajstić information content (AvgIpc) is 3.46. The van der Waals surface area contributed by atoms with Crippen molar-refractivity contribution in [1.82, 2.24) is 19.5 Å². The molecule has 0 spiro atoms. The first-order valence-electron chi connectivity index (χ1n) is 9.99. The molecule has 148 valence electrons. The zero-order valence-corrected chi connectivity index (χ0v) is 15.8. The summed E-state index contributed by atoms with van der Waals surface area (Å²) >= 11 is 0. The number of aromatic amines is 1. The first kappa shape index (κ1) is 17.5. The van der Waals surface area contributed by atoms with E-state index in [1.165, 1.54) is 25.5 Å². The Bertz CT molecular complexity index is 877. The lowest BCUT2D eigenvalue weighted by Crippen LogP contribution is -2.46. The van der Waals surface area contributed by atoms with Gasteiger partial charge in [-0.1, -0.05) is 0 Å². The van der Waals surface area contributed by atoms with Crippen LogP contribution in [0, 0.1) is 23.7 Å². The van der Waals surface area contributed by atoms with Crippen molar-refractivity contribution in [1.29, 1.82) is 0 Å². The van der Waals surface area contributed by atoms with Crippen LogP contribution in [0.4, 0.5) is 0 Å². The van der Waals surface area contributed by atoms with E-state index >= 15 is 0 Å². The maximum Gasteiger partial charge on any atom is 0.374 e. The molecule has 0 aromatic carbocycles. The Morgan fingerprint density at radius 3 is 2.25 bits per heavy atom. The number of carbonyl (C=O) groups is 2. The quantitative estimate of drug-likeness (QED) is 0.813. The van der Waals surface area contributed by atoms with Crippen LogP contribution in [0.5, 0.6) is 0 Å². The molecular weight excluding hydrogens is 360 g/mol. The number of hydrogen-bond acceptors (Lipinski definition) is 6. The molecule has 5 rings (SSSR count). The predicted octanol–water partition coefficient (Wildman–Crippen LogP) is 2.35. The highest BCUT2D eigenvalue weighted by atomic mass is 16.6. The molecule has 0 saturated heterocycles. The van der Waals surface area contributed by atoms with Gasteiger partial charge in [-0.05, 0) is 55.8 Å². The van der Waals surface area contributed by atoms with E-state index < -0.39 is 24.1 Å². The highest BCUT2D eigenvalue weighted by molar-refractivity contribution is 5.86. The van der Waals surface area contributed by atoms with Gasteiger partial charge in [0.2, 0.25) is 11.6 Å². The van der Waals surface area contributed by atoms with Crippen LogP contribution < -0.4 is 0 Å². The molecule has 0 radical (unpaired) electrons. The summed E-state index contributed by atoms with van der Waals surface area (Å²) in [6.07, 6.45) is 10.7. The van der Waals surface area contributed by atoms with E-state index in [2.05, 4.69) is 15.0 Å². The smallest absolute Gasteiger partial charge is 0.374 e. The van der Waals surface area contributed by atoms with Crippen molar-refractivity contribution in [3.05, 3.63) is 36.4 Å². The Labute approximate surface area is 162 Å². The van der Waals surface area contributed by atoms with E-state index in [1.54, 1.807) is 30.2 Å². The second-order valence-corrected chi connectivity index (χ2v) is 8.32. The fourth-order valence-corrected chi connectivity index (χ4v) is 5.67. The zero-order chi connectivity index (χ0) is 19.3. The number of nitrogens with zero attached hydrogens (tertiary/aromatic N) is 3. The monoisotopic (exact) mass is 384 g/mol. The van der Waals surface area contributed by atoms with Gasteiger partial charge in [-0.3, -0.25) is 0 Å². The van der Waals surface area contributed by atoms with E-state index in [-0.39, 0.29) is 11.6 Å². The first-order chi connectivity index (χ1) is 13.6. The van der Waals surface area contributed by atoms with Crippen molar-refractivity contribution < 1.29 is 19.1 Å². The number of ether oxygens (including phenoxy) is 2. The van der Waals surface area contributed by atoms with Crippen LogP contribution in [0.3, 0.4) is 0 Å². The molecule has 8 heteroatoms. The van der Waals surface area contributed by atoms with Crippen LogP contribution in [-0.2, 0) is 16.5 Å². The number of esters is 2. The number of imidazole rings is 2. The van der Waals surface area contributed by atoms with Gasteiger partial charge >= 0.3 is 11.9 Å². The van der Waals surface area contributed by atoms with Gasteiger partial charge in [-0.2, -0.15) is 0 Å². The molecule has 2 aromatic heterocycles. The molecule has 28 heavy (non-hydrogen) atoms. The Hall–Kier alpha value is -2.64. The number of aromatic nitrogens is 4. The van der Waals surface area contributed by atoms with Gasteiger partial charge in [-0.15, -0.1) is 0 Å². The average molecular weight is 384 g/mol. The van der Waals surface area contributed by atoms with Crippen LogP contribution in [0.2, 0.25) is 0 Å². The molecule has 0 aliphatic heterocycles. The second-order valence-electron chi connectivity index (χ2n) is 8.32. The minimum atomic E-state index is -0.505. The highest BCUT2D eigenvalue weighted by Gasteiger charge is 2.53. The number of hydrogen-bond donors (Lipinski definition) is 1. The summed E-state index contributed by atoms with van der Waals surface area (Å²) in [5, 5.41) is 0. The van der Waals surface area contributed by atoms with Gasteiger partial charge in [-0.25, -0.2) is 19.6 Å². The third-order valence-corrected chi connectivity index (χ3v) is 6.91. The Morgan fingerprint density at radius 1 is 1.00 bits per heavy atom. The molecule has 3 saturated carbocycles. The number of fused-ring (bicyclic) bond motifs is 5. The van der Waals surface area contributed by atoms with Gasteiger partial charge in [0.1, 0.15) is 12.2 Å². The lowest BCUT2D eigenvalue weighted by molar-refractivity contribution is -0.0831. The summed E-state index contributed by atoms with van der Waals surface area (Å²) in [5.74, 6) is 1.98. The van der Waals surface area contributed by atoms with Crippen LogP contribution >= 0.6 is 0 Å². The molecule has 3 aliphatic carbocycles. The molecular formula is C20H24N4O4. The summed E-state index contributed by atoms with van der Waals surface area (Å²) in [4.78, 5) is 35.9. The van der Waals surface area contributed by atoms with Gasteiger partial charge in [0.15, 0.2) is 0 Å². The van der Waals surface area contributed by atoms with E-state index in [0.29, 0.717) is 23.7 Å². The number of rotatable bonds is 4. The third kappa shape index (κ3) is 2.91. The number of carbonyl (C=O) groups excluding carboxylic acids is 2. The van der Waals surface area contributed by atoms with Crippen molar-refractivity contribution in [3.63, 3.8) is 0 Å². The molecule has 2 bridgehead atoms. The lowest BCUT2D eigenvalue weighted by atomic mass is 9.69. The summed E-state index contributed by atoms with van der Waals surface area (Å²) in [6.45, 7) is 0. The van der Waals surface area contributed by atoms with Gasteiger partial charge in [0, 0.05) is 31.8 Å². The topological polar surface area (TPSA) is 99.1 Å². The summed E-state index contributed by atoms with van der Waals surface area (Å²) in [7, 11) is 1.75. The number of H-pyrrole nitrogens is 1. The normalized spacial score (nSPS) is 33.5. The molecule has 1 N–H and O–H groups in total. The minimum absolute atomic E-state index is 0.171. The number of nitrogens with one attached hydrogen (secondary N) is 1. The van der Waals surface area contributed by atoms with Crippen molar-refractivity contribution in [2.24, 2.45) is 30.7 Å². The van der Waals surface area contributed by atoms with E-state index in [9.17, 15) is 9.59 Å². The molecule has 0 amide bonds. The molecule has 6 unspecified atom stereocenters. The van der Waals surface area contributed by atoms with Gasteiger partial charge < -0.3 is 19.0 Å². The van der Waals surface area contributed by atoms with Crippen molar-refractivity contribution in [2.45, 2.75) is 44.3 Å². The molecule has 2 aromatic rings. The van der Waals surface area contributed by atoms with Gasteiger partial charge in [0.25, 0.3) is 0 Å². The Kier molecular flexibility index (Phi) is 4.21. The summed E-state index contributed by atoms with van der Waals surface area (Å²) < 4.78 is 13.2. The number of aryl methyl sites for hydroxylation is 1. The SMILES string of the molecule is Cn1ccnc1C(=O)OC1CC2C3CCC(C3)C2CC1OC(=O)c1ncc[nH]1. The van der Waals surface area contributed by atoms with Crippen LogP contribution in [0.25, 0.3) is 0 Å². The fourth-order valence-electron chi connectivity index (χ4n) is 5.67. The summed E-state index contributed by atoms with van der Waals surface area (Å²) in [6, 6.07) is 0. The summed E-state index contributed by atoms with van der Waals surface area (Å²) in [5.41, 5.74) is 0. The van der Waals surface area contributed by atoms with Crippen LogP contribution in [-0.4, -0.2) is 43.7 Å². The maximum atomic E-state index is 12.6. The van der Waals surface area contributed by atoms with Crippen molar-refractivity contribution in [2.75, 3.05) is 0 Å². The van der Waals surface area contributed by atoms with Crippen LogP contribution in [0.1, 0.15) is 53.3 Å². The molecule has 6 atom stereocenters.